The Hall–Kier alpha value is -1.42. The molecule has 4 heteroatoms. The summed E-state index contributed by atoms with van der Waals surface area (Å²) in [4.78, 5) is 1.80. The molecule has 0 unspecified atom stereocenters. The molecule has 1 aromatic carbocycles. The van der Waals surface area contributed by atoms with Gasteiger partial charge in [0.1, 0.15) is 11.3 Å². The van der Waals surface area contributed by atoms with Gasteiger partial charge in [0.25, 0.3) is 5.92 Å². The van der Waals surface area contributed by atoms with Gasteiger partial charge in [-0.1, -0.05) is 18.2 Å². The van der Waals surface area contributed by atoms with Crippen LogP contribution in [0.2, 0.25) is 0 Å². The lowest BCUT2D eigenvalue weighted by atomic mass is 10.2. The number of alkyl halides is 2. The summed E-state index contributed by atoms with van der Waals surface area (Å²) in [6.45, 7) is 1.01. The molecule has 0 radical (unpaired) electrons. The van der Waals surface area contributed by atoms with Crippen LogP contribution in [0, 0.1) is 0 Å². The lowest BCUT2D eigenvalue weighted by molar-refractivity contribution is -0.0320. The first kappa shape index (κ1) is 12.6. The Morgan fingerprint density at radius 2 is 2.05 bits per heavy atom. The zero-order chi connectivity index (χ0) is 13.3. The molecule has 0 bridgehead atoms. The van der Waals surface area contributed by atoms with E-state index in [-0.39, 0.29) is 13.0 Å². The van der Waals surface area contributed by atoms with Crippen molar-refractivity contribution < 1.29 is 13.2 Å². The summed E-state index contributed by atoms with van der Waals surface area (Å²) in [6.07, 6.45) is 1.43. The van der Waals surface area contributed by atoms with Crippen LogP contribution < -0.4 is 0 Å². The molecule has 19 heavy (non-hydrogen) atoms. The number of hydrogen-bond acceptors (Lipinski definition) is 2. The Morgan fingerprint density at radius 1 is 1.21 bits per heavy atom. The molecule has 1 aliphatic rings. The monoisotopic (exact) mass is 265 g/mol. The van der Waals surface area contributed by atoms with Crippen molar-refractivity contribution in [2.75, 3.05) is 13.1 Å². The molecule has 0 spiro atoms. The van der Waals surface area contributed by atoms with Crippen LogP contribution in [0.25, 0.3) is 11.0 Å². The summed E-state index contributed by atoms with van der Waals surface area (Å²) in [5, 5.41) is 1.03. The quantitative estimate of drug-likeness (QED) is 0.814. The van der Waals surface area contributed by atoms with Crippen LogP contribution >= 0.6 is 0 Å². The predicted octanol–water partition coefficient (Wildman–Crippen LogP) is 4.05. The standard InChI is InChI=1S/C15H17F2NO/c16-15(17)7-3-4-8-18(11-15)10-13-9-12-5-1-2-6-14(12)19-13/h1-2,5-6,9H,3-4,7-8,10-11H2. The Morgan fingerprint density at radius 3 is 2.89 bits per heavy atom. The number of furan rings is 1. The third-order valence-electron chi connectivity index (χ3n) is 3.58. The highest BCUT2D eigenvalue weighted by Crippen LogP contribution is 2.28. The highest BCUT2D eigenvalue weighted by Gasteiger charge is 2.33. The second-order valence-electron chi connectivity index (χ2n) is 5.27. The molecule has 1 aliphatic heterocycles. The highest BCUT2D eigenvalue weighted by atomic mass is 19.3. The summed E-state index contributed by atoms with van der Waals surface area (Å²) < 4.78 is 32.8. The summed E-state index contributed by atoms with van der Waals surface area (Å²) in [6, 6.07) is 9.67. The molecule has 1 aromatic heterocycles. The molecule has 3 rings (SSSR count). The highest BCUT2D eigenvalue weighted by molar-refractivity contribution is 5.77. The van der Waals surface area contributed by atoms with E-state index in [1.165, 1.54) is 0 Å². The van der Waals surface area contributed by atoms with Gasteiger partial charge in [-0.25, -0.2) is 8.78 Å². The van der Waals surface area contributed by atoms with E-state index in [4.69, 9.17) is 4.42 Å². The minimum atomic E-state index is -2.57. The summed E-state index contributed by atoms with van der Waals surface area (Å²) in [7, 11) is 0. The molecule has 0 aliphatic carbocycles. The van der Waals surface area contributed by atoms with Gasteiger partial charge < -0.3 is 4.42 Å². The van der Waals surface area contributed by atoms with E-state index in [1.54, 1.807) is 4.90 Å². The van der Waals surface area contributed by atoms with Gasteiger partial charge in [-0.05, 0) is 31.5 Å². The molecule has 2 aromatic rings. The van der Waals surface area contributed by atoms with E-state index in [0.29, 0.717) is 19.5 Å². The van der Waals surface area contributed by atoms with Crippen LogP contribution in [0.3, 0.4) is 0 Å². The van der Waals surface area contributed by atoms with Crippen LogP contribution in [0.4, 0.5) is 8.78 Å². The number of fused-ring (bicyclic) bond motifs is 1. The smallest absolute Gasteiger partial charge is 0.260 e. The lowest BCUT2D eigenvalue weighted by Gasteiger charge is -2.22. The van der Waals surface area contributed by atoms with Crippen LogP contribution in [0.1, 0.15) is 25.0 Å². The molecule has 0 amide bonds. The van der Waals surface area contributed by atoms with E-state index in [1.807, 2.05) is 30.3 Å². The van der Waals surface area contributed by atoms with Crippen molar-refractivity contribution >= 4 is 11.0 Å². The second kappa shape index (κ2) is 4.93. The SMILES string of the molecule is FC1(F)CCCCN(Cc2cc3ccccc3o2)C1. The van der Waals surface area contributed by atoms with Crippen LogP contribution in [-0.2, 0) is 6.54 Å². The van der Waals surface area contributed by atoms with Crippen molar-refractivity contribution in [3.05, 3.63) is 36.1 Å². The predicted molar refractivity (Wildman–Crippen MR) is 70.3 cm³/mol. The zero-order valence-electron chi connectivity index (χ0n) is 10.7. The van der Waals surface area contributed by atoms with Crippen molar-refractivity contribution in [2.45, 2.75) is 31.7 Å². The first-order chi connectivity index (χ1) is 9.12. The number of nitrogens with zero attached hydrogens (tertiary/aromatic N) is 1. The molecular formula is C15H17F2NO. The van der Waals surface area contributed by atoms with Crippen molar-refractivity contribution in [1.82, 2.24) is 4.90 Å². The number of likely N-dealkylation sites (tertiary alicyclic amines) is 1. The lowest BCUT2D eigenvalue weighted by Crippen LogP contribution is -2.34. The largest absolute Gasteiger partial charge is 0.460 e. The molecule has 0 atom stereocenters. The van der Waals surface area contributed by atoms with Gasteiger partial charge in [-0.3, -0.25) is 4.90 Å². The van der Waals surface area contributed by atoms with Gasteiger partial charge >= 0.3 is 0 Å². The van der Waals surface area contributed by atoms with Crippen LogP contribution in [0.5, 0.6) is 0 Å². The minimum absolute atomic E-state index is 0.00360. The van der Waals surface area contributed by atoms with Gasteiger partial charge in [0, 0.05) is 11.8 Å². The van der Waals surface area contributed by atoms with E-state index in [0.717, 1.165) is 23.2 Å². The zero-order valence-corrected chi connectivity index (χ0v) is 10.7. The minimum Gasteiger partial charge on any atom is -0.460 e. The number of benzene rings is 1. The molecule has 0 saturated carbocycles. The molecule has 2 heterocycles. The molecule has 0 N–H and O–H groups in total. The first-order valence-electron chi connectivity index (χ1n) is 6.70. The maximum Gasteiger partial charge on any atom is 0.260 e. The van der Waals surface area contributed by atoms with E-state index in [2.05, 4.69) is 0 Å². The van der Waals surface area contributed by atoms with E-state index < -0.39 is 5.92 Å². The summed E-state index contributed by atoms with van der Waals surface area (Å²) >= 11 is 0. The number of para-hydroxylation sites is 1. The van der Waals surface area contributed by atoms with Crippen molar-refractivity contribution in [3.8, 4) is 0 Å². The van der Waals surface area contributed by atoms with E-state index >= 15 is 0 Å². The molecule has 2 nitrogen and oxygen atoms in total. The Balaban J connectivity index is 1.76. The van der Waals surface area contributed by atoms with Gasteiger partial charge in [0.2, 0.25) is 0 Å². The fourth-order valence-corrected chi connectivity index (χ4v) is 2.67. The topological polar surface area (TPSA) is 16.4 Å². The Labute approximate surface area is 111 Å². The van der Waals surface area contributed by atoms with Crippen LogP contribution in [0.15, 0.2) is 34.7 Å². The summed E-state index contributed by atoms with van der Waals surface area (Å²) in [5.41, 5.74) is 0.819. The Bertz CT molecular complexity index is 531. The Kier molecular flexibility index (Phi) is 3.27. The molecule has 1 saturated heterocycles. The first-order valence-corrected chi connectivity index (χ1v) is 6.70. The average Bonchev–Trinajstić information content (AvgIpc) is 2.67. The van der Waals surface area contributed by atoms with Crippen LogP contribution in [-0.4, -0.2) is 23.9 Å². The van der Waals surface area contributed by atoms with Crippen molar-refractivity contribution in [2.24, 2.45) is 0 Å². The molecular weight excluding hydrogens is 248 g/mol. The van der Waals surface area contributed by atoms with Crippen molar-refractivity contribution in [3.63, 3.8) is 0 Å². The third-order valence-corrected chi connectivity index (χ3v) is 3.58. The average molecular weight is 265 g/mol. The van der Waals surface area contributed by atoms with Crippen molar-refractivity contribution in [1.29, 1.82) is 0 Å². The maximum absolute atomic E-state index is 13.5. The summed E-state index contributed by atoms with van der Waals surface area (Å²) in [5.74, 6) is -1.80. The number of hydrogen-bond donors (Lipinski definition) is 0. The fraction of sp³-hybridized carbons (Fsp3) is 0.467. The van der Waals surface area contributed by atoms with Gasteiger partial charge in [-0.2, -0.15) is 0 Å². The van der Waals surface area contributed by atoms with Gasteiger partial charge in [-0.15, -0.1) is 0 Å². The number of halogens is 2. The second-order valence-corrected chi connectivity index (χ2v) is 5.27. The van der Waals surface area contributed by atoms with Gasteiger partial charge in [0.05, 0.1) is 13.1 Å². The maximum atomic E-state index is 13.5. The normalized spacial score (nSPS) is 20.5. The molecule has 102 valence electrons. The third kappa shape index (κ3) is 2.95. The molecule has 1 fully saturated rings. The van der Waals surface area contributed by atoms with Gasteiger partial charge in [0.15, 0.2) is 0 Å². The van der Waals surface area contributed by atoms with E-state index in [9.17, 15) is 8.78 Å². The fourth-order valence-electron chi connectivity index (χ4n) is 2.67. The number of rotatable bonds is 2.